The van der Waals surface area contributed by atoms with Crippen molar-refractivity contribution in [2.24, 2.45) is 0 Å². The second-order valence-corrected chi connectivity index (χ2v) is 4.38. The maximum absolute atomic E-state index is 12.9. The van der Waals surface area contributed by atoms with Crippen molar-refractivity contribution < 1.29 is 23.4 Å². The predicted molar refractivity (Wildman–Crippen MR) is 66.4 cm³/mol. The number of halogens is 1. The maximum atomic E-state index is 12.9. The molecule has 2 rings (SSSR count). The first-order valence-corrected chi connectivity index (χ1v) is 6.39. The highest BCUT2D eigenvalue weighted by molar-refractivity contribution is 5.69. The summed E-state index contributed by atoms with van der Waals surface area (Å²) in [6.45, 7) is 1.51. The largest absolute Gasteiger partial charge is 0.493 e. The topological polar surface area (TPSA) is 44.8 Å². The first-order valence-electron chi connectivity index (χ1n) is 6.39. The minimum absolute atomic E-state index is 0.100. The lowest BCUT2D eigenvalue weighted by atomic mass is 10.3. The molecule has 19 heavy (non-hydrogen) atoms. The monoisotopic (exact) mass is 268 g/mol. The third-order valence-electron chi connectivity index (χ3n) is 2.78. The van der Waals surface area contributed by atoms with Crippen LogP contribution in [0.5, 0.6) is 5.75 Å². The zero-order chi connectivity index (χ0) is 13.5. The molecule has 1 aliphatic heterocycles. The van der Waals surface area contributed by atoms with Gasteiger partial charge in [-0.3, -0.25) is 4.79 Å². The molecule has 1 unspecified atom stereocenters. The quantitative estimate of drug-likeness (QED) is 0.586. The smallest absolute Gasteiger partial charge is 0.306 e. The number of hydrogen-bond donors (Lipinski definition) is 0. The summed E-state index contributed by atoms with van der Waals surface area (Å²) in [6, 6.07) is 5.93. The molecule has 1 aliphatic rings. The van der Waals surface area contributed by atoms with Crippen LogP contribution in [0.4, 0.5) is 4.39 Å². The van der Waals surface area contributed by atoms with Crippen LogP contribution < -0.4 is 4.74 Å². The zero-order valence-electron chi connectivity index (χ0n) is 10.6. The van der Waals surface area contributed by atoms with Crippen LogP contribution in [-0.4, -0.2) is 31.9 Å². The lowest BCUT2D eigenvalue weighted by Gasteiger charge is -2.10. The lowest BCUT2D eigenvalue weighted by Crippen LogP contribution is -2.18. The van der Waals surface area contributed by atoms with E-state index in [0.29, 0.717) is 38.4 Å². The number of rotatable bonds is 6. The summed E-state index contributed by atoms with van der Waals surface area (Å²) < 4.78 is 28.5. The molecule has 0 spiro atoms. The van der Waals surface area contributed by atoms with Gasteiger partial charge in [-0.25, -0.2) is 4.39 Å². The van der Waals surface area contributed by atoms with E-state index >= 15 is 0 Å². The van der Waals surface area contributed by atoms with Gasteiger partial charge in [0.05, 0.1) is 19.8 Å². The van der Waals surface area contributed by atoms with E-state index in [-0.39, 0.29) is 17.9 Å². The van der Waals surface area contributed by atoms with Gasteiger partial charge in [0.15, 0.2) is 0 Å². The molecule has 0 amide bonds. The van der Waals surface area contributed by atoms with E-state index in [1.165, 1.54) is 12.1 Å². The van der Waals surface area contributed by atoms with Crippen LogP contribution >= 0.6 is 0 Å². The molecule has 4 nitrogen and oxygen atoms in total. The third kappa shape index (κ3) is 4.87. The molecular weight excluding hydrogens is 251 g/mol. The second-order valence-electron chi connectivity index (χ2n) is 4.38. The highest BCUT2D eigenvalue weighted by Gasteiger charge is 2.19. The molecule has 1 heterocycles. The highest BCUT2D eigenvalue weighted by Crippen LogP contribution is 2.13. The molecule has 1 aromatic carbocycles. The van der Waals surface area contributed by atoms with E-state index in [9.17, 15) is 9.18 Å². The second kappa shape index (κ2) is 7.09. The van der Waals surface area contributed by atoms with Crippen LogP contribution in [0.2, 0.25) is 0 Å². The lowest BCUT2D eigenvalue weighted by molar-refractivity contribution is -0.149. The van der Waals surface area contributed by atoms with Crippen LogP contribution in [0.25, 0.3) is 0 Å². The van der Waals surface area contributed by atoms with Crippen LogP contribution in [0.3, 0.4) is 0 Å². The van der Waals surface area contributed by atoms with Crippen molar-refractivity contribution in [1.29, 1.82) is 0 Å². The molecule has 0 N–H and O–H groups in total. The minimum atomic E-state index is -0.335. The first kappa shape index (κ1) is 13.8. The van der Waals surface area contributed by atoms with Crippen molar-refractivity contribution in [2.45, 2.75) is 25.4 Å². The molecule has 1 fully saturated rings. The van der Waals surface area contributed by atoms with Gasteiger partial charge >= 0.3 is 5.97 Å². The fourth-order valence-corrected chi connectivity index (χ4v) is 1.81. The maximum Gasteiger partial charge on any atom is 0.306 e. The van der Waals surface area contributed by atoms with Crippen LogP contribution in [0.15, 0.2) is 24.3 Å². The molecule has 104 valence electrons. The van der Waals surface area contributed by atoms with E-state index in [1.54, 1.807) is 12.1 Å². The van der Waals surface area contributed by atoms with Gasteiger partial charge in [0.25, 0.3) is 0 Å². The van der Waals surface area contributed by atoms with Crippen LogP contribution in [0, 0.1) is 5.82 Å². The van der Waals surface area contributed by atoms with E-state index in [4.69, 9.17) is 14.2 Å². The number of carbonyl (C=O) groups is 1. The predicted octanol–water partition coefficient (Wildman–Crippen LogP) is 2.32. The number of hydrogen-bond acceptors (Lipinski definition) is 4. The normalized spacial score (nSPS) is 18.3. The molecule has 0 saturated carbocycles. The Morgan fingerprint density at radius 1 is 1.47 bits per heavy atom. The van der Waals surface area contributed by atoms with Crippen molar-refractivity contribution >= 4 is 5.97 Å². The van der Waals surface area contributed by atoms with E-state index in [0.717, 1.165) is 6.42 Å². The molecule has 0 aliphatic carbocycles. The van der Waals surface area contributed by atoms with Gasteiger partial charge < -0.3 is 14.2 Å². The van der Waals surface area contributed by atoms with Gasteiger partial charge in [0.2, 0.25) is 0 Å². The molecule has 0 bridgehead atoms. The Kier molecular flexibility index (Phi) is 5.15. The number of ether oxygens (including phenoxy) is 3. The molecule has 0 radical (unpaired) electrons. The van der Waals surface area contributed by atoms with Gasteiger partial charge in [-0.1, -0.05) is 6.07 Å². The number of esters is 1. The summed E-state index contributed by atoms with van der Waals surface area (Å²) in [6.07, 6.45) is 1.51. The van der Waals surface area contributed by atoms with E-state index in [1.807, 2.05) is 0 Å². The molecule has 1 saturated heterocycles. The minimum Gasteiger partial charge on any atom is -0.493 e. The van der Waals surface area contributed by atoms with Gasteiger partial charge in [-0.2, -0.15) is 0 Å². The average molecular weight is 268 g/mol. The Hall–Kier alpha value is -1.62. The van der Waals surface area contributed by atoms with Crippen LogP contribution in [-0.2, 0) is 14.3 Å². The molecule has 1 aromatic rings. The Labute approximate surface area is 111 Å². The molecule has 5 heteroatoms. The SMILES string of the molecule is O=C(CCCOc1cccc(F)c1)OC1CCOC1. The van der Waals surface area contributed by atoms with Crippen molar-refractivity contribution in [3.8, 4) is 5.75 Å². The molecule has 1 atom stereocenters. The van der Waals surface area contributed by atoms with Crippen molar-refractivity contribution in [2.75, 3.05) is 19.8 Å². The molecular formula is C14H17FO4. The summed E-state index contributed by atoms with van der Waals surface area (Å²) in [5.74, 6) is -0.103. The Bertz CT molecular complexity index is 416. The van der Waals surface area contributed by atoms with Crippen molar-refractivity contribution in [1.82, 2.24) is 0 Å². The fraction of sp³-hybridized carbons (Fsp3) is 0.500. The third-order valence-corrected chi connectivity index (χ3v) is 2.78. The summed E-state index contributed by atoms with van der Waals surface area (Å²) >= 11 is 0. The first-order chi connectivity index (χ1) is 9.24. The Balaban J connectivity index is 1.59. The summed E-state index contributed by atoms with van der Waals surface area (Å²) in [5, 5.41) is 0. The summed E-state index contributed by atoms with van der Waals surface area (Å²) in [7, 11) is 0. The standard InChI is InChI=1S/C14H17FO4/c15-11-3-1-4-12(9-11)18-7-2-5-14(16)19-13-6-8-17-10-13/h1,3-4,9,13H,2,5-8,10H2. The Morgan fingerprint density at radius 2 is 2.37 bits per heavy atom. The van der Waals surface area contributed by atoms with Crippen LogP contribution in [0.1, 0.15) is 19.3 Å². The molecule has 0 aromatic heterocycles. The summed E-state index contributed by atoms with van der Waals surface area (Å²) in [5.41, 5.74) is 0. The van der Waals surface area contributed by atoms with Gasteiger partial charge in [-0.05, 0) is 18.6 Å². The number of benzene rings is 1. The van der Waals surface area contributed by atoms with Crippen molar-refractivity contribution in [3.05, 3.63) is 30.1 Å². The number of carbonyl (C=O) groups excluding carboxylic acids is 1. The van der Waals surface area contributed by atoms with E-state index in [2.05, 4.69) is 0 Å². The zero-order valence-corrected chi connectivity index (χ0v) is 10.6. The fourth-order valence-electron chi connectivity index (χ4n) is 1.81. The van der Waals surface area contributed by atoms with Crippen molar-refractivity contribution in [3.63, 3.8) is 0 Å². The van der Waals surface area contributed by atoms with Gasteiger partial charge in [0, 0.05) is 18.9 Å². The summed E-state index contributed by atoms with van der Waals surface area (Å²) in [4.78, 5) is 11.5. The average Bonchev–Trinajstić information content (AvgIpc) is 2.87. The Morgan fingerprint density at radius 3 is 3.11 bits per heavy atom. The highest BCUT2D eigenvalue weighted by atomic mass is 19.1. The van der Waals surface area contributed by atoms with Gasteiger partial charge in [-0.15, -0.1) is 0 Å². The van der Waals surface area contributed by atoms with Gasteiger partial charge in [0.1, 0.15) is 17.7 Å². The van der Waals surface area contributed by atoms with E-state index < -0.39 is 0 Å².